The van der Waals surface area contributed by atoms with Crippen LogP contribution in [0.15, 0.2) is 60.8 Å². The smallest absolute Gasteiger partial charge is 0.118 e. The van der Waals surface area contributed by atoms with Crippen molar-refractivity contribution in [3.05, 3.63) is 77.5 Å². The highest BCUT2D eigenvalue weighted by molar-refractivity contribution is 5.69. The van der Waals surface area contributed by atoms with Gasteiger partial charge in [0.1, 0.15) is 11.9 Å². The monoisotopic (exact) mass is 266 g/mol. The highest BCUT2D eigenvalue weighted by atomic mass is 16.5. The fourth-order valence-electron chi connectivity index (χ4n) is 2.04. The average Bonchev–Trinajstić information content (AvgIpc) is 2.49. The van der Waals surface area contributed by atoms with Crippen molar-refractivity contribution in [1.82, 2.24) is 0 Å². The molecule has 2 heteroatoms. The summed E-state index contributed by atoms with van der Waals surface area (Å²) in [6.07, 6.45) is -0.735. The average molecular weight is 266 g/mol. The van der Waals surface area contributed by atoms with Crippen LogP contribution in [0.2, 0.25) is 0 Å². The van der Waals surface area contributed by atoms with Crippen LogP contribution in [-0.4, -0.2) is 12.2 Å². The topological polar surface area (TPSA) is 29.5 Å². The van der Waals surface area contributed by atoms with Gasteiger partial charge in [-0.3, -0.25) is 0 Å². The molecule has 0 aromatic heterocycles. The van der Waals surface area contributed by atoms with Crippen molar-refractivity contribution in [2.45, 2.75) is 13.0 Å². The SMILES string of the molecule is C=C=C(c1ccc(OC)cc1)C(O)c1ccc(C)cc1. The highest BCUT2D eigenvalue weighted by Gasteiger charge is 2.14. The molecule has 0 radical (unpaired) electrons. The molecule has 0 saturated heterocycles. The van der Waals surface area contributed by atoms with E-state index >= 15 is 0 Å². The molecule has 0 fully saturated rings. The van der Waals surface area contributed by atoms with Crippen LogP contribution in [0.4, 0.5) is 0 Å². The Balaban J connectivity index is 2.32. The zero-order valence-electron chi connectivity index (χ0n) is 11.8. The van der Waals surface area contributed by atoms with Gasteiger partial charge in [0.2, 0.25) is 0 Å². The van der Waals surface area contributed by atoms with E-state index < -0.39 is 6.10 Å². The number of rotatable bonds is 4. The molecule has 1 N–H and O–H groups in total. The molecule has 1 unspecified atom stereocenters. The van der Waals surface area contributed by atoms with E-state index in [0.29, 0.717) is 5.57 Å². The number of ether oxygens (including phenoxy) is 1. The Morgan fingerprint density at radius 1 is 1.10 bits per heavy atom. The van der Waals surface area contributed by atoms with Gasteiger partial charge in [0.25, 0.3) is 0 Å². The Kier molecular flexibility index (Phi) is 4.41. The van der Waals surface area contributed by atoms with Crippen molar-refractivity contribution in [3.63, 3.8) is 0 Å². The molecular weight excluding hydrogens is 248 g/mol. The van der Waals surface area contributed by atoms with E-state index in [4.69, 9.17) is 4.74 Å². The van der Waals surface area contributed by atoms with Gasteiger partial charge in [-0.1, -0.05) is 48.5 Å². The number of methoxy groups -OCH3 is 1. The molecule has 0 saturated carbocycles. The van der Waals surface area contributed by atoms with Gasteiger partial charge in [0.05, 0.1) is 7.11 Å². The van der Waals surface area contributed by atoms with Crippen molar-refractivity contribution in [2.75, 3.05) is 7.11 Å². The predicted octanol–water partition coefficient (Wildman–Crippen LogP) is 3.91. The van der Waals surface area contributed by atoms with E-state index in [1.165, 1.54) is 0 Å². The van der Waals surface area contributed by atoms with Crippen LogP contribution in [0.25, 0.3) is 5.57 Å². The summed E-state index contributed by atoms with van der Waals surface area (Å²) in [5.41, 5.74) is 6.38. The van der Waals surface area contributed by atoms with Crippen LogP contribution in [0.1, 0.15) is 22.8 Å². The van der Waals surface area contributed by atoms with Gasteiger partial charge in [0, 0.05) is 5.57 Å². The van der Waals surface area contributed by atoms with Crippen LogP contribution < -0.4 is 4.74 Å². The van der Waals surface area contributed by atoms with Gasteiger partial charge in [0.15, 0.2) is 0 Å². The zero-order valence-corrected chi connectivity index (χ0v) is 11.8. The summed E-state index contributed by atoms with van der Waals surface area (Å²) in [6.45, 7) is 5.71. The largest absolute Gasteiger partial charge is 0.497 e. The molecule has 20 heavy (non-hydrogen) atoms. The van der Waals surface area contributed by atoms with E-state index in [0.717, 1.165) is 22.4 Å². The number of hydrogen-bond acceptors (Lipinski definition) is 2. The van der Waals surface area contributed by atoms with Crippen molar-refractivity contribution in [3.8, 4) is 5.75 Å². The lowest BCUT2D eigenvalue weighted by Crippen LogP contribution is -2.00. The van der Waals surface area contributed by atoms with Crippen LogP contribution >= 0.6 is 0 Å². The molecule has 1 atom stereocenters. The maximum absolute atomic E-state index is 10.5. The zero-order chi connectivity index (χ0) is 14.5. The molecule has 0 amide bonds. The Morgan fingerprint density at radius 2 is 1.70 bits per heavy atom. The van der Waals surface area contributed by atoms with Crippen LogP contribution in [0, 0.1) is 6.92 Å². The Bertz CT molecular complexity index is 617. The Hall–Kier alpha value is -2.28. The molecule has 2 aromatic carbocycles. The third kappa shape index (κ3) is 3.00. The minimum atomic E-state index is -0.735. The summed E-state index contributed by atoms with van der Waals surface area (Å²) in [7, 11) is 1.63. The molecule has 0 bridgehead atoms. The van der Waals surface area contributed by atoms with Crippen LogP contribution in [0.3, 0.4) is 0 Å². The first-order valence-electron chi connectivity index (χ1n) is 6.44. The number of aliphatic hydroxyl groups excluding tert-OH is 1. The van der Waals surface area contributed by atoms with E-state index in [2.05, 4.69) is 12.3 Å². The van der Waals surface area contributed by atoms with Crippen molar-refractivity contribution >= 4 is 5.57 Å². The lowest BCUT2D eigenvalue weighted by atomic mass is 9.95. The van der Waals surface area contributed by atoms with Crippen LogP contribution in [0.5, 0.6) is 5.75 Å². The predicted molar refractivity (Wildman–Crippen MR) is 81.7 cm³/mol. The second kappa shape index (κ2) is 6.25. The number of aryl methyl sites for hydroxylation is 1. The standard InChI is InChI=1S/C18H18O2/c1-4-17(14-9-11-16(20-3)12-10-14)18(19)15-7-5-13(2)6-8-15/h5-12,18-19H,1H2,2-3H3. The van der Waals surface area contributed by atoms with Gasteiger partial charge >= 0.3 is 0 Å². The second-order valence-electron chi connectivity index (χ2n) is 4.63. The van der Waals surface area contributed by atoms with E-state index in [-0.39, 0.29) is 0 Å². The summed E-state index contributed by atoms with van der Waals surface area (Å²) in [6, 6.07) is 15.3. The molecular formula is C18H18O2. The summed E-state index contributed by atoms with van der Waals surface area (Å²) in [5.74, 6) is 0.780. The second-order valence-corrected chi connectivity index (χ2v) is 4.63. The first kappa shape index (κ1) is 14.1. The number of benzene rings is 2. The van der Waals surface area contributed by atoms with E-state index in [1.807, 2.05) is 55.5 Å². The quantitative estimate of drug-likeness (QED) is 0.850. The van der Waals surface area contributed by atoms with Crippen molar-refractivity contribution in [1.29, 1.82) is 0 Å². The molecule has 0 aliphatic carbocycles. The summed E-state index contributed by atoms with van der Waals surface area (Å²) < 4.78 is 5.13. The minimum absolute atomic E-state index is 0.663. The van der Waals surface area contributed by atoms with Gasteiger partial charge < -0.3 is 9.84 Å². The summed E-state index contributed by atoms with van der Waals surface area (Å²) in [5, 5.41) is 10.5. The Morgan fingerprint density at radius 3 is 2.20 bits per heavy atom. The number of hydrogen-bond donors (Lipinski definition) is 1. The third-order valence-corrected chi connectivity index (χ3v) is 3.26. The van der Waals surface area contributed by atoms with Crippen LogP contribution in [-0.2, 0) is 0 Å². The Labute approximate surface area is 119 Å². The molecule has 2 rings (SSSR count). The first-order valence-corrected chi connectivity index (χ1v) is 6.44. The molecule has 2 nitrogen and oxygen atoms in total. The van der Waals surface area contributed by atoms with E-state index in [9.17, 15) is 5.11 Å². The normalized spacial score (nSPS) is 11.6. The fourth-order valence-corrected chi connectivity index (χ4v) is 2.04. The summed E-state index contributed by atoms with van der Waals surface area (Å²) in [4.78, 5) is 0. The van der Waals surface area contributed by atoms with Gasteiger partial charge in [-0.25, -0.2) is 0 Å². The van der Waals surface area contributed by atoms with Crippen molar-refractivity contribution < 1.29 is 9.84 Å². The molecule has 102 valence electrons. The lowest BCUT2D eigenvalue weighted by Gasteiger charge is -2.14. The molecule has 0 aliphatic heterocycles. The molecule has 2 aromatic rings. The third-order valence-electron chi connectivity index (χ3n) is 3.26. The lowest BCUT2D eigenvalue weighted by molar-refractivity contribution is 0.238. The van der Waals surface area contributed by atoms with E-state index in [1.54, 1.807) is 7.11 Å². The molecule has 0 heterocycles. The maximum atomic E-state index is 10.5. The minimum Gasteiger partial charge on any atom is -0.497 e. The highest BCUT2D eigenvalue weighted by Crippen LogP contribution is 2.30. The summed E-state index contributed by atoms with van der Waals surface area (Å²) >= 11 is 0. The van der Waals surface area contributed by atoms with Gasteiger partial charge in [-0.15, -0.1) is 5.73 Å². The number of aliphatic hydroxyl groups is 1. The molecule has 0 spiro atoms. The first-order chi connectivity index (χ1) is 9.65. The fraction of sp³-hybridized carbons (Fsp3) is 0.167. The maximum Gasteiger partial charge on any atom is 0.118 e. The van der Waals surface area contributed by atoms with Gasteiger partial charge in [-0.05, 0) is 30.2 Å². The van der Waals surface area contributed by atoms with Gasteiger partial charge in [-0.2, -0.15) is 0 Å². The van der Waals surface area contributed by atoms with Crippen molar-refractivity contribution in [2.24, 2.45) is 0 Å². The molecule has 0 aliphatic rings.